The van der Waals surface area contributed by atoms with Crippen LogP contribution in [0.1, 0.15) is 40.0 Å². The van der Waals surface area contributed by atoms with Crippen LogP contribution in [-0.4, -0.2) is 67.6 Å². The second-order valence-electron chi connectivity index (χ2n) is 6.39. The van der Waals surface area contributed by atoms with Gasteiger partial charge in [-0.05, 0) is 27.2 Å². The van der Waals surface area contributed by atoms with Gasteiger partial charge in [-0.15, -0.1) is 0 Å². The van der Waals surface area contributed by atoms with Gasteiger partial charge in [-0.25, -0.2) is 0 Å². The van der Waals surface area contributed by atoms with Gasteiger partial charge in [-0.1, -0.05) is 0 Å². The number of carbonyl (C=O) groups is 3. The molecule has 0 spiro atoms. The van der Waals surface area contributed by atoms with E-state index in [1.165, 1.54) is 0 Å². The highest BCUT2D eigenvalue weighted by atomic mass is 16.6. The van der Waals surface area contributed by atoms with E-state index in [4.69, 9.17) is 25.1 Å². The Hall–Kier alpha value is -1.71. The Bertz CT molecular complexity index is 421. The summed E-state index contributed by atoms with van der Waals surface area (Å²) in [5.74, 6) is -1.65. The average Bonchev–Trinajstić information content (AvgIpc) is 2.48. The van der Waals surface area contributed by atoms with Gasteiger partial charge in [0.15, 0.2) is 0 Å². The van der Waals surface area contributed by atoms with E-state index >= 15 is 0 Å². The lowest BCUT2D eigenvalue weighted by atomic mass is 10.1. The number of carbonyl (C=O) groups excluding carboxylic acids is 2. The van der Waals surface area contributed by atoms with Gasteiger partial charge in [0.05, 0.1) is 38.9 Å². The van der Waals surface area contributed by atoms with Crippen LogP contribution >= 0.6 is 0 Å². The summed E-state index contributed by atoms with van der Waals surface area (Å²) in [6.45, 7) is 6.62. The average molecular weight is 362 g/mol. The highest BCUT2D eigenvalue weighted by Gasteiger charge is 2.19. The van der Waals surface area contributed by atoms with Crippen molar-refractivity contribution in [3.8, 4) is 0 Å². The fraction of sp³-hybridized carbons (Fsp3) is 0.812. The van der Waals surface area contributed by atoms with Gasteiger partial charge >= 0.3 is 11.9 Å². The molecule has 0 heterocycles. The van der Waals surface area contributed by atoms with Gasteiger partial charge in [0.1, 0.15) is 5.60 Å². The first-order valence-electron chi connectivity index (χ1n) is 8.24. The van der Waals surface area contributed by atoms with Crippen LogP contribution in [0.15, 0.2) is 0 Å². The molecule has 0 saturated heterocycles. The number of aliphatic carboxylic acids is 1. The van der Waals surface area contributed by atoms with E-state index in [1.807, 2.05) is 0 Å². The maximum atomic E-state index is 11.8. The van der Waals surface area contributed by atoms with Crippen molar-refractivity contribution in [3.05, 3.63) is 0 Å². The molecule has 1 unspecified atom stereocenters. The van der Waals surface area contributed by atoms with Gasteiger partial charge in [-0.2, -0.15) is 0 Å². The van der Waals surface area contributed by atoms with Crippen molar-refractivity contribution in [3.63, 3.8) is 0 Å². The molecule has 0 aromatic carbocycles. The monoisotopic (exact) mass is 362 g/mol. The van der Waals surface area contributed by atoms with Crippen molar-refractivity contribution in [2.45, 2.75) is 51.7 Å². The summed E-state index contributed by atoms with van der Waals surface area (Å²) < 4.78 is 15.4. The summed E-state index contributed by atoms with van der Waals surface area (Å²) in [7, 11) is 0. The minimum Gasteiger partial charge on any atom is -0.481 e. The van der Waals surface area contributed by atoms with Crippen molar-refractivity contribution in [1.82, 2.24) is 5.32 Å². The zero-order valence-corrected chi connectivity index (χ0v) is 15.2. The summed E-state index contributed by atoms with van der Waals surface area (Å²) >= 11 is 0. The van der Waals surface area contributed by atoms with Crippen molar-refractivity contribution in [1.29, 1.82) is 0 Å². The number of hydrogen-bond donors (Lipinski definition) is 3. The first kappa shape index (κ1) is 23.3. The molecule has 1 amide bonds. The molecule has 0 aliphatic rings. The third-order valence-corrected chi connectivity index (χ3v) is 2.79. The molecule has 0 bridgehead atoms. The highest BCUT2D eigenvalue weighted by molar-refractivity contribution is 5.82. The van der Waals surface area contributed by atoms with E-state index in [9.17, 15) is 14.4 Å². The number of carboxylic acid groups (broad SMARTS) is 1. The van der Waals surface area contributed by atoms with Crippen molar-refractivity contribution in [2.75, 3.05) is 33.0 Å². The van der Waals surface area contributed by atoms with Crippen LogP contribution in [0, 0.1) is 0 Å². The molecule has 0 aromatic rings. The summed E-state index contributed by atoms with van der Waals surface area (Å²) in [5.41, 5.74) is 5.16. The lowest BCUT2D eigenvalue weighted by Gasteiger charge is -2.20. The molecule has 0 radical (unpaired) electrons. The maximum absolute atomic E-state index is 11.8. The second kappa shape index (κ2) is 12.6. The van der Waals surface area contributed by atoms with E-state index in [0.717, 1.165) is 0 Å². The molecule has 0 aromatic heterocycles. The van der Waals surface area contributed by atoms with Crippen LogP contribution in [0.5, 0.6) is 0 Å². The van der Waals surface area contributed by atoms with Crippen LogP contribution in [0.4, 0.5) is 0 Å². The Morgan fingerprint density at radius 1 is 1.04 bits per heavy atom. The zero-order chi connectivity index (χ0) is 19.3. The number of hydrogen-bond acceptors (Lipinski definition) is 7. The van der Waals surface area contributed by atoms with Crippen LogP contribution in [0.25, 0.3) is 0 Å². The van der Waals surface area contributed by atoms with Crippen molar-refractivity contribution in [2.24, 2.45) is 5.73 Å². The van der Waals surface area contributed by atoms with Gasteiger partial charge in [0, 0.05) is 13.0 Å². The molecule has 9 heteroatoms. The predicted molar refractivity (Wildman–Crippen MR) is 90.0 cm³/mol. The summed E-state index contributed by atoms with van der Waals surface area (Å²) in [6.07, 6.45) is 0.242. The molecule has 146 valence electrons. The second-order valence-corrected chi connectivity index (χ2v) is 6.39. The van der Waals surface area contributed by atoms with Crippen LogP contribution in [-0.2, 0) is 28.6 Å². The zero-order valence-electron chi connectivity index (χ0n) is 15.2. The minimum absolute atomic E-state index is 0.0444. The fourth-order valence-electron chi connectivity index (χ4n) is 1.66. The first-order chi connectivity index (χ1) is 11.6. The standard InChI is InChI=1S/C16H30N2O7/c1-16(2,3)25-14(21)5-4-12(17)15(22)18-7-9-24-11-10-23-8-6-13(19)20/h12H,4-11,17H2,1-3H3,(H,18,22)(H,19,20). The molecule has 0 fully saturated rings. The molecule has 0 aliphatic heterocycles. The number of nitrogens with one attached hydrogen (secondary N) is 1. The molecule has 25 heavy (non-hydrogen) atoms. The van der Waals surface area contributed by atoms with E-state index in [-0.39, 0.29) is 57.5 Å². The quantitative estimate of drug-likeness (QED) is 0.309. The van der Waals surface area contributed by atoms with E-state index in [1.54, 1.807) is 20.8 Å². The van der Waals surface area contributed by atoms with E-state index in [0.29, 0.717) is 6.61 Å². The lowest BCUT2D eigenvalue weighted by Crippen LogP contribution is -2.42. The van der Waals surface area contributed by atoms with Crippen molar-refractivity contribution >= 4 is 17.8 Å². The number of nitrogens with two attached hydrogens (primary N) is 1. The molecule has 0 saturated carbocycles. The highest BCUT2D eigenvalue weighted by Crippen LogP contribution is 2.09. The third kappa shape index (κ3) is 15.6. The lowest BCUT2D eigenvalue weighted by molar-refractivity contribution is -0.155. The molecular formula is C16H30N2O7. The maximum Gasteiger partial charge on any atom is 0.306 e. The third-order valence-electron chi connectivity index (χ3n) is 2.79. The molecule has 0 aliphatic carbocycles. The Morgan fingerprint density at radius 3 is 2.20 bits per heavy atom. The van der Waals surface area contributed by atoms with Gasteiger partial charge in [0.25, 0.3) is 0 Å². The van der Waals surface area contributed by atoms with Gasteiger partial charge in [-0.3, -0.25) is 14.4 Å². The Morgan fingerprint density at radius 2 is 1.64 bits per heavy atom. The van der Waals surface area contributed by atoms with Gasteiger partial charge in [0.2, 0.25) is 5.91 Å². The topological polar surface area (TPSA) is 137 Å². The van der Waals surface area contributed by atoms with E-state index in [2.05, 4.69) is 5.32 Å². The fourth-order valence-corrected chi connectivity index (χ4v) is 1.66. The van der Waals surface area contributed by atoms with Crippen LogP contribution in [0.3, 0.4) is 0 Å². The number of ether oxygens (including phenoxy) is 3. The summed E-state index contributed by atoms with van der Waals surface area (Å²) in [4.78, 5) is 33.6. The Balaban J connectivity index is 3.62. The van der Waals surface area contributed by atoms with Crippen LogP contribution < -0.4 is 11.1 Å². The number of amides is 1. The molecule has 9 nitrogen and oxygen atoms in total. The Labute approximate surface area is 148 Å². The normalized spacial score (nSPS) is 12.5. The summed E-state index contributed by atoms with van der Waals surface area (Å²) in [6, 6.07) is -0.785. The molecule has 0 rings (SSSR count). The number of carboxylic acids is 1. The van der Waals surface area contributed by atoms with E-state index < -0.39 is 17.6 Å². The molecule has 1 atom stereocenters. The molecule has 4 N–H and O–H groups in total. The Kier molecular flexibility index (Phi) is 11.8. The SMILES string of the molecule is CC(C)(C)OC(=O)CCC(N)C(=O)NCCOCCOCCC(=O)O. The number of rotatable bonds is 13. The predicted octanol–water partition coefficient (Wildman–Crippen LogP) is 0.0597. The molecular weight excluding hydrogens is 332 g/mol. The van der Waals surface area contributed by atoms with Crippen LogP contribution in [0.2, 0.25) is 0 Å². The smallest absolute Gasteiger partial charge is 0.306 e. The van der Waals surface area contributed by atoms with Crippen molar-refractivity contribution < 1.29 is 33.7 Å². The number of esters is 1. The largest absolute Gasteiger partial charge is 0.481 e. The summed E-state index contributed by atoms with van der Waals surface area (Å²) in [5, 5.41) is 11.0. The minimum atomic E-state index is -0.911. The van der Waals surface area contributed by atoms with Gasteiger partial charge < -0.3 is 30.4 Å². The first-order valence-corrected chi connectivity index (χ1v) is 8.24.